The normalized spacial score (nSPS) is 13.3. The highest BCUT2D eigenvalue weighted by Gasteiger charge is 2.19. The summed E-state index contributed by atoms with van der Waals surface area (Å²) in [5, 5.41) is 3.34. The number of fused-ring (bicyclic) bond motifs is 1. The Balaban J connectivity index is 2.01. The molecule has 0 saturated heterocycles. The van der Waals surface area contributed by atoms with Gasteiger partial charge in [-0.05, 0) is 26.2 Å². The zero-order valence-electron chi connectivity index (χ0n) is 11.8. The molecule has 4 nitrogen and oxygen atoms in total. The van der Waals surface area contributed by atoms with E-state index < -0.39 is 0 Å². The molecule has 2 aromatic rings. The minimum absolute atomic E-state index is 0.610. The predicted molar refractivity (Wildman–Crippen MR) is 81.8 cm³/mol. The van der Waals surface area contributed by atoms with E-state index in [1.807, 2.05) is 0 Å². The van der Waals surface area contributed by atoms with E-state index >= 15 is 0 Å². The summed E-state index contributed by atoms with van der Waals surface area (Å²) in [6, 6.07) is 8.36. The van der Waals surface area contributed by atoms with Crippen molar-refractivity contribution in [3.8, 4) is 11.4 Å². The van der Waals surface area contributed by atoms with Gasteiger partial charge in [-0.3, -0.25) is 0 Å². The zero-order chi connectivity index (χ0) is 13.9. The van der Waals surface area contributed by atoms with Gasteiger partial charge in [0.05, 0.1) is 0 Å². The van der Waals surface area contributed by atoms with Crippen molar-refractivity contribution in [2.24, 2.45) is 5.73 Å². The SMILES string of the molecule is Cc1ccc(-c2nc3c(c(NCCN)n2)CCC3)cc1. The Morgan fingerprint density at radius 3 is 2.70 bits per heavy atom. The molecule has 0 fully saturated rings. The summed E-state index contributed by atoms with van der Waals surface area (Å²) in [6.45, 7) is 3.44. The third kappa shape index (κ3) is 2.51. The highest BCUT2D eigenvalue weighted by molar-refractivity contribution is 5.61. The first-order valence-electron chi connectivity index (χ1n) is 7.18. The Labute approximate surface area is 119 Å². The molecular formula is C16H20N4. The van der Waals surface area contributed by atoms with E-state index in [-0.39, 0.29) is 0 Å². The van der Waals surface area contributed by atoms with Crippen LogP contribution in [0.5, 0.6) is 0 Å². The first kappa shape index (κ1) is 13.1. The van der Waals surface area contributed by atoms with Crippen LogP contribution in [0.15, 0.2) is 24.3 Å². The lowest BCUT2D eigenvalue weighted by Gasteiger charge is -2.11. The number of nitrogens with zero attached hydrogens (tertiary/aromatic N) is 2. The van der Waals surface area contributed by atoms with Crippen LogP contribution in [0.3, 0.4) is 0 Å². The van der Waals surface area contributed by atoms with Crippen molar-refractivity contribution in [1.29, 1.82) is 0 Å². The fourth-order valence-corrected chi connectivity index (χ4v) is 2.60. The maximum Gasteiger partial charge on any atom is 0.161 e. The van der Waals surface area contributed by atoms with Crippen molar-refractivity contribution >= 4 is 5.82 Å². The van der Waals surface area contributed by atoms with Gasteiger partial charge in [-0.2, -0.15) is 0 Å². The van der Waals surface area contributed by atoms with Crippen LogP contribution in [0.25, 0.3) is 11.4 Å². The van der Waals surface area contributed by atoms with Crippen LogP contribution in [-0.4, -0.2) is 23.1 Å². The lowest BCUT2D eigenvalue weighted by molar-refractivity contribution is 0.899. The number of hydrogen-bond acceptors (Lipinski definition) is 4. The Morgan fingerprint density at radius 2 is 1.95 bits per heavy atom. The van der Waals surface area contributed by atoms with Gasteiger partial charge in [0.1, 0.15) is 5.82 Å². The van der Waals surface area contributed by atoms with Crippen molar-refractivity contribution in [2.45, 2.75) is 26.2 Å². The van der Waals surface area contributed by atoms with Crippen LogP contribution in [0.1, 0.15) is 23.2 Å². The van der Waals surface area contributed by atoms with Crippen molar-refractivity contribution < 1.29 is 0 Å². The second-order valence-corrected chi connectivity index (χ2v) is 5.26. The van der Waals surface area contributed by atoms with Crippen LogP contribution < -0.4 is 11.1 Å². The van der Waals surface area contributed by atoms with E-state index in [4.69, 9.17) is 15.7 Å². The number of aryl methyl sites for hydroxylation is 2. The molecule has 20 heavy (non-hydrogen) atoms. The molecule has 0 saturated carbocycles. The Hall–Kier alpha value is -1.94. The maximum absolute atomic E-state index is 5.58. The molecule has 0 atom stereocenters. The maximum atomic E-state index is 5.58. The van der Waals surface area contributed by atoms with Crippen molar-refractivity contribution in [3.05, 3.63) is 41.1 Å². The van der Waals surface area contributed by atoms with E-state index in [2.05, 4.69) is 36.5 Å². The minimum atomic E-state index is 0.610. The van der Waals surface area contributed by atoms with Gasteiger partial charge >= 0.3 is 0 Å². The lowest BCUT2D eigenvalue weighted by atomic mass is 10.1. The average molecular weight is 268 g/mol. The number of hydrogen-bond donors (Lipinski definition) is 2. The summed E-state index contributed by atoms with van der Waals surface area (Å²) >= 11 is 0. The van der Waals surface area contributed by atoms with Crippen molar-refractivity contribution in [3.63, 3.8) is 0 Å². The molecule has 104 valence electrons. The smallest absolute Gasteiger partial charge is 0.161 e. The molecule has 3 rings (SSSR count). The number of nitrogens with one attached hydrogen (secondary N) is 1. The minimum Gasteiger partial charge on any atom is -0.368 e. The summed E-state index contributed by atoms with van der Waals surface area (Å²) < 4.78 is 0. The molecule has 0 unspecified atom stereocenters. The van der Waals surface area contributed by atoms with E-state index in [1.54, 1.807) is 0 Å². The number of anilines is 1. The number of aromatic nitrogens is 2. The van der Waals surface area contributed by atoms with Gasteiger partial charge in [0, 0.05) is 29.9 Å². The molecule has 1 aromatic carbocycles. The summed E-state index contributed by atoms with van der Waals surface area (Å²) in [5.74, 6) is 1.78. The van der Waals surface area contributed by atoms with E-state index in [9.17, 15) is 0 Å². The average Bonchev–Trinajstić information content (AvgIpc) is 2.94. The molecule has 4 heteroatoms. The second kappa shape index (κ2) is 5.59. The van der Waals surface area contributed by atoms with Crippen LogP contribution in [0.4, 0.5) is 5.82 Å². The third-order valence-electron chi connectivity index (χ3n) is 3.68. The highest BCUT2D eigenvalue weighted by atomic mass is 15.0. The summed E-state index contributed by atoms with van der Waals surface area (Å²) in [7, 11) is 0. The fourth-order valence-electron chi connectivity index (χ4n) is 2.60. The Bertz CT molecular complexity index is 605. The van der Waals surface area contributed by atoms with Gasteiger partial charge in [0.25, 0.3) is 0 Å². The standard InChI is InChI=1S/C16H20N4/c1-11-5-7-12(8-6-11)15-19-14-4-2-3-13(14)16(20-15)18-10-9-17/h5-8H,2-4,9-10,17H2,1H3,(H,18,19,20). The molecule has 1 aromatic heterocycles. The largest absolute Gasteiger partial charge is 0.368 e. The van der Waals surface area contributed by atoms with E-state index in [0.717, 1.165) is 36.6 Å². The van der Waals surface area contributed by atoms with Crippen molar-refractivity contribution in [2.75, 3.05) is 18.4 Å². The van der Waals surface area contributed by atoms with Crippen LogP contribution in [0.2, 0.25) is 0 Å². The van der Waals surface area contributed by atoms with Gasteiger partial charge in [0.2, 0.25) is 0 Å². The monoisotopic (exact) mass is 268 g/mol. The molecule has 1 aliphatic rings. The first-order chi connectivity index (χ1) is 9.78. The number of nitrogens with two attached hydrogens (primary N) is 1. The first-order valence-corrected chi connectivity index (χ1v) is 7.18. The quantitative estimate of drug-likeness (QED) is 0.893. The Kier molecular flexibility index (Phi) is 3.65. The number of benzene rings is 1. The van der Waals surface area contributed by atoms with Gasteiger partial charge < -0.3 is 11.1 Å². The van der Waals surface area contributed by atoms with Crippen LogP contribution in [-0.2, 0) is 12.8 Å². The highest BCUT2D eigenvalue weighted by Crippen LogP contribution is 2.29. The van der Waals surface area contributed by atoms with Gasteiger partial charge in [-0.1, -0.05) is 29.8 Å². The van der Waals surface area contributed by atoms with Gasteiger partial charge in [-0.15, -0.1) is 0 Å². The van der Waals surface area contributed by atoms with Crippen molar-refractivity contribution in [1.82, 2.24) is 9.97 Å². The van der Waals surface area contributed by atoms with E-state index in [1.165, 1.54) is 23.2 Å². The molecule has 0 amide bonds. The predicted octanol–water partition coefficient (Wildman–Crippen LogP) is 2.31. The summed E-state index contributed by atoms with van der Waals surface area (Å²) in [5.41, 5.74) is 10.4. The molecular weight excluding hydrogens is 248 g/mol. The second-order valence-electron chi connectivity index (χ2n) is 5.26. The topological polar surface area (TPSA) is 63.8 Å². The van der Waals surface area contributed by atoms with E-state index in [0.29, 0.717) is 6.54 Å². The van der Waals surface area contributed by atoms with Crippen LogP contribution in [0, 0.1) is 6.92 Å². The molecule has 1 heterocycles. The van der Waals surface area contributed by atoms with Crippen LogP contribution >= 0.6 is 0 Å². The summed E-state index contributed by atoms with van der Waals surface area (Å²) in [6.07, 6.45) is 3.28. The molecule has 1 aliphatic carbocycles. The lowest BCUT2D eigenvalue weighted by Crippen LogP contribution is -2.16. The zero-order valence-corrected chi connectivity index (χ0v) is 11.8. The van der Waals surface area contributed by atoms with Gasteiger partial charge in [-0.25, -0.2) is 9.97 Å². The molecule has 0 bridgehead atoms. The Morgan fingerprint density at radius 1 is 1.15 bits per heavy atom. The molecule has 0 aliphatic heterocycles. The molecule has 0 spiro atoms. The number of rotatable bonds is 4. The summed E-state index contributed by atoms with van der Waals surface area (Å²) in [4.78, 5) is 9.44. The molecule has 0 radical (unpaired) electrons. The van der Waals surface area contributed by atoms with Gasteiger partial charge in [0.15, 0.2) is 5.82 Å². The molecule has 3 N–H and O–H groups in total. The third-order valence-corrected chi connectivity index (χ3v) is 3.68. The fraction of sp³-hybridized carbons (Fsp3) is 0.375.